The monoisotopic (exact) mass is 446 g/mol. The summed E-state index contributed by atoms with van der Waals surface area (Å²) >= 11 is 1.70. The maximum atomic E-state index is 13.1. The quantitative estimate of drug-likeness (QED) is 0.665. The second-order valence-corrected chi connectivity index (χ2v) is 10.5. The Morgan fingerprint density at radius 3 is 3.00 bits per heavy atom. The van der Waals surface area contributed by atoms with Crippen LogP contribution in [0, 0.1) is 11.3 Å². The van der Waals surface area contributed by atoms with Gasteiger partial charge in [-0.1, -0.05) is 0 Å². The molecule has 7 rings (SSSR count). The summed E-state index contributed by atoms with van der Waals surface area (Å²) in [7, 11) is 0. The van der Waals surface area contributed by atoms with E-state index in [0.29, 0.717) is 12.5 Å². The molecule has 32 heavy (non-hydrogen) atoms. The molecule has 3 aromatic heterocycles. The van der Waals surface area contributed by atoms with Gasteiger partial charge in [0.15, 0.2) is 0 Å². The van der Waals surface area contributed by atoms with Crippen molar-refractivity contribution in [2.45, 2.75) is 25.8 Å². The SMILES string of the molecule is O=C([C@H]1CCc2c(sc3ncnc(Nc4cc5c(cn4)CN=C5)c23)C1)N1CC2(COC2)C1. The molecule has 0 radical (unpaired) electrons. The van der Waals surface area contributed by atoms with Crippen LogP contribution in [0.5, 0.6) is 0 Å². The van der Waals surface area contributed by atoms with Gasteiger partial charge in [-0.25, -0.2) is 15.0 Å². The van der Waals surface area contributed by atoms with Crippen LogP contribution in [-0.2, 0) is 28.9 Å². The minimum Gasteiger partial charge on any atom is -0.380 e. The number of fused-ring (bicyclic) bond motifs is 4. The zero-order valence-electron chi connectivity index (χ0n) is 17.5. The third-order valence-electron chi connectivity index (χ3n) is 7.14. The lowest BCUT2D eigenvalue weighted by Crippen LogP contribution is -2.68. The van der Waals surface area contributed by atoms with Gasteiger partial charge < -0.3 is 15.0 Å². The number of aromatic nitrogens is 3. The highest BCUT2D eigenvalue weighted by Crippen LogP contribution is 2.43. The van der Waals surface area contributed by atoms with Crippen molar-refractivity contribution in [3.05, 3.63) is 40.2 Å². The van der Waals surface area contributed by atoms with E-state index in [1.807, 2.05) is 23.4 Å². The number of thiophene rings is 1. The Kier molecular flexibility index (Phi) is 3.96. The van der Waals surface area contributed by atoms with E-state index in [-0.39, 0.29) is 11.3 Å². The number of aryl methyl sites for hydroxylation is 1. The minimum absolute atomic E-state index is 0.0657. The van der Waals surface area contributed by atoms with Gasteiger partial charge in [0.2, 0.25) is 5.91 Å². The number of aliphatic imine (C=N–C) groups is 1. The number of anilines is 2. The van der Waals surface area contributed by atoms with Crippen LogP contribution in [0.4, 0.5) is 11.6 Å². The summed E-state index contributed by atoms with van der Waals surface area (Å²) in [4.78, 5) is 35.2. The van der Waals surface area contributed by atoms with Crippen LogP contribution >= 0.6 is 11.3 Å². The maximum Gasteiger partial charge on any atom is 0.226 e. The first kappa shape index (κ1) is 18.6. The van der Waals surface area contributed by atoms with E-state index in [1.165, 1.54) is 10.4 Å². The molecule has 162 valence electrons. The Morgan fingerprint density at radius 2 is 2.16 bits per heavy atom. The molecule has 1 N–H and O–H groups in total. The molecular formula is C23H22N6O2S. The first-order valence-electron chi connectivity index (χ1n) is 11.1. The Hall–Kier alpha value is -2.91. The third-order valence-corrected chi connectivity index (χ3v) is 8.30. The molecule has 8 nitrogen and oxygen atoms in total. The standard InChI is InChI=1S/C23H22N6O2S/c30-22(29-8-23(9-29)10-31-11-23)13-1-2-16-17(3-13)32-21-19(16)20(26-12-27-21)28-18-4-14-5-24-6-15(14)7-25-18/h4-5,7,12-13H,1-3,6,8-11H2,(H,25,26,27,28)/t13-/m0/s1. The molecule has 2 fully saturated rings. The van der Waals surface area contributed by atoms with Crippen LogP contribution in [0.2, 0.25) is 0 Å². The number of hydrogen-bond acceptors (Lipinski definition) is 8. The summed E-state index contributed by atoms with van der Waals surface area (Å²) in [5.74, 6) is 1.91. The minimum atomic E-state index is 0.0657. The van der Waals surface area contributed by atoms with Gasteiger partial charge in [0.25, 0.3) is 0 Å². The predicted molar refractivity (Wildman–Crippen MR) is 122 cm³/mol. The van der Waals surface area contributed by atoms with E-state index >= 15 is 0 Å². The number of pyridine rings is 1. The smallest absolute Gasteiger partial charge is 0.226 e. The highest BCUT2D eigenvalue weighted by Gasteiger charge is 2.51. The van der Waals surface area contributed by atoms with Gasteiger partial charge in [-0.15, -0.1) is 11.3 Å². The van der Waals surface area contributed by atoms with Crippen molar-refractivity contribution >= 4 is 45.3 Å². The zero-order valence-corrected chi connectivity index (χ0v) is 18.3. The molecule has 3 aliphatic heterocycles. The van der Waals surface area contributed by atoms with Gasteiger partial charge in [-0.3, -0.25) is 9.79 Å². The van der Waals surface area contributed by atoms with E-state index in [2.05, 4.69) is 25.3 Å². The molecule has 6 heterocycles. The molecular weight excluding hydrogens is 424 g/mol. The van der Waals surface area contributed by atoms with Crippen LogP contribution in [0.3, 0.4) is 0 Å². The second-order valence-electron chi connectivity index (χ2n) is 9.40. The maximum absolute atomic E-state index is 13.1. The van der Waals surface area contributed by atoms with Crippen LogP contribution in [0.1, 0.15) is 28.0 Å². The van der Waals surface area contributed by atoms with Crippen molar-refractivity contribution < 1.29 is 9.53 Å². The number of likely N-dealkylation sites (tertiary alicyclic amines) is 1. The fourth-order valence-corrected chi connectivity index (χ4v) is 6.62. The molecule has 3 aromatic rings. The van der Waals surface area contributed by atoms with E-state index in [9.17, 15) is 4.79 Å². The molecule has 0 aromatic carbocycles. The van der Waals surface area contributed by atoms with Crippen molar-refractivity contribution in [2.24, 2.45) is 16.3 Å². The molecule has 0 unspecified atom stereocenters. The average molecular weight is 447 g/mol. The number of ether oxygens (including phenoxy) is 1. The molecule has 2 saturated heterocycles. The van der Waals surface area contributed by atoms with Crippen molar-refractivity contribution in [2.75, 3.05) is 31.6 Å². The first-order valence-corrected chi connectivity index (χ1v) is 11.9. The van der Waals surface area contributed by atoms with Crippen molar-refractivity contribution in [3.63, 3.8) is 0 Å². The Morgan fingerprint density at radius 1 is 1.25 bits per heavy atom. The number of carbonyl (C=O) groups is 1. The summed E-state index contributed by atoms with van der Waals surface area (Å²) in [5, 5.41) is 4.47. The number of nitrogens with one attached hydrogen (secondary N) is 1. The van der Waals surface area contributed by atoms with E-state index < -0.39 is 0 Å². The van der Waals surface area contributed by atoms with Gasteiger partial charge in [0.1, 0.15) is 22.8 Å². The van der Waals surface area contributed by atoms with E-state index in [0.717, 1.165) is 78.5 Å². The van der Waals surface area contributed by atoms with Crippen LogP contribution in [0.15, 0.2) is 23.6 Å². The number of amides is 1. The largest absolute Gasteiger partial charge is 0.380 e. The highest BCUT2D eigenvalue weighted by atomic mass is 32.1. The van der Waals surface area contributed by atoms with E-state index in [1.54, 1.807) is 17.7 Å². The molecule has 0 bridgehead atoms. The Balaban J connectivity index is 1.15. The normalized spacial score (nSPS) is 22.4. The average Bonchev–Trinajstić information content (AvgIpc) is 3.35. The number of hydrogen-bond donors (Lipinski definition) is 1. The summed E-state index contributed by atoms with van der Waals surface area (Å²) in [5.41, 5.74) is 3.79. The third kappa shape index (κ3) is 2.80. The van der Waals surface area contributed by atoms with Gasteiger partial charge in [-0.05, 0) is 30.9 Å². The van der Waals surface area contributed by atoms with Gasteiger partial charge >= 0.3 is 0 Å². The second kappa shape index (κ2) is 6.79. The summed E-state index contributed by atoms with van der Waals surface area (Å²) in [6, 6.07) is 2.01. The molecule has 1 atom stereocenters. The molecule has 0 saturated carbocycles. The van der Waals surface area contributed by atoms with Crippen molar-refractivity contribution in [1.82, 2.24) is 19.9 Å². The van der Waals surface area contributed by atoms with Gasteiger partial charge in [-0.2, -0.15) is 0 Å². The first-order chi connectivity index (χ1) is 15.7. The van der Waals surface area contributed by atoms with Crippen molar-refractivity contribution in [3.8, 4) is 0 Å². The van der Waals surface area contributed by atoms with Crippen molar-refractivity contribution in [1.29, 1.82) is 0 Å². The van der Waals surface area contributed by atoms with Crippen LogP contribution in [-0.4, -0.2) is 58.3 Å². The number of carbonyl (C=O) groups excluding carboxylic acids is 1. The molecule has 1 spiro atoms. The predicted octanol–water partition coefficient (Wildman–Crippen LogP) is 2.73. The lowest BCUT2D eigenvalue weighted by Gasteiger charge is -2.55. The fraction of sp³-hybridized carbons (Fsp3) is 0.435. The molecule has 1 aliphatic carbocycles. The molecule has 9 heteroatoms. The van der Waals surface area contributed by atoms with Crippen LogP contribution in [0.25, 0.3) is 10.2 Å². The van der Waals surface area contributed by atoms with Crippen LogP contribution < -0.4 is 5.32 Å². The lowest BCUT2D eigenvalue weighted by molar-refractivity contribution is -0.197. The topological polar surface area (TPSA) is 92.6 Å². The number of rotatable bonds is 3. The summed E-state index contributed by atoms with van der Waals surface area (Å²) in [6.07, 6.45) is 7.91. The highest BCUT2D eigenvalue weighted by molar-refractivity contribution is 7.19. The number of nitrogens with zero attached hydrogens (tertiary/aromatic N) is 5. The molecule has 1 amide bonds. The molecule has 4 aliphatic rings. The Labute approximate surface area is 188 Å². The van der Waals surface area contributed by atoms with Gasteiger partial charge in [0, 0.05) is 47.4 Å². The summed E-state index contributed by atoms with van der Waals surface area (Å²) in [6.45, 7) is 4.04. The fourth-order valence-electron chi connectivity index (χ4n) is 5.35. The zero-order chi connectivity index (χ0) is 21.3. The van der Waals surface area contributed by atoms with E-state index in [4.69, 9.17) is 4.74 Å². The summed E-state index contributed by atoms with van der Waals surface area (Å²) < 4.78 is 5.34. The lowest BCUT2D eigenvalue weighted by atomic mass is 9.76. The van der Waals surface area contributed by atoms with Gasteiger partial charge in [0.05, 0.1) is 30.6 Å². The Bertz CT molecular complexity index is 1290.